The Hall–Kier alpha value is -1.29. The highest BCUT2D eigenvalue weighted by molar-refractivity contribution is 7.99. The van der Waals surface area contributed by atoms with Crippen molar-refractivity contribution in [2.45, 2.75) is 37.5 Å². The normalized spacial score (nSPS) is 13.8. The summed E-state index contributed by atoms with van der Waals surface area (Å²) in [6.45, 7) is 1.50. The number of carbonyl (C=O) groups is 2. The predicted octanol–water partition coefficient (Wildman–Crippen LogP) is 3.03. The Bertz CT molecular complexity index is 471. The Morgan fingerprint density at radius 3 is 2.94 bits per heavy atom. The van der Waals surface area contributed by atoms with Gasteiger partial charge in [0.15, 0.2) is 0 Å². The standard InChI is InChI=1S/C14H17NO2S/c1-10(16)4-7-14(17)15-12-5-6-13-11(9-12)3-2-8-18-13/h5-6,9H,2-4,7-8H2,1H3,(H,15,17). The molecule has 0 bridgehead atoms. The van der Waals surface area contributed by atoms with Gasteiger partial charge in [-0.1, -0.05) is 0 Å². The highest BCUT2D eigenvalue weighted by atomic mass is 32.2. The van der Waals surface area contributed by atoms with Crippen LogP contribution in [-0.2, 0) is 16.0 Å². The average Bonchev–Trinajstić information content (AvgIpc) is 2.36. The molecular weight excluding hydrogens is 246 g/mol. The lowest BCUT2D eigenvalue weighted by atomic mass is 10.1. The Balaban J connectivity index is 1.97. The summed E-state index contributed by atoms with van der Waals surface area (Å²) in [7, 11) is 0. The molecule has 0 fully saturated rings. The maximum atomic E-state index is 11.6. The first-order valence-corrected chi connectivity index (χ1v) is 7.19. The number of nitrogens with one attached hydrogen (secondary N) is 1. The number of fused-ring (bicyclic) bond motifs is 1. The van der Waals surface area contributed by atoms with Crippen molar-refractivity contribution < 1.29 is 9.59 Å². The van der Waals surface area contributed by atoms with Gasteiger partial charge in [0.2, 0.25) is 5.91 Å². The van der Waals surface area contributed by atoms with Crippen LogP contribution in [0.2, 0.25) is 0 Å². The number of rotatable bonds is 4. The van der Waals surface area contributed by atoms with Crippen molar-refractivity contribution in [1.82, 2.24) is 0 Å². The predicted molar refractivity (Wildman–Crippen MR) is 74.0 cm³/mol. The first-order chi connectivity index (χ1) is 8.65. The fourth-order valence-electron chi connectivity index (χ4n) is 1.95. The van der Waals surface area contributed by atoms with Gasteiger partial charge in [-0.25, -0.2) is 0 Å². The molecule has 0 aliphatic carbocycles. The van der Waals surface area contributed by atoms with Crippen molar-refractivity contribution in [3.63, 3.8) is 0 Å². The van der Waals surface area contributed by atoms with Gasteiger partial charge >= 0.3 is 0 Å². The van der Waals surface area contributed by atoms with Gasteiger partial charge in [0, 0.05) is 23.4 Å². The van der Waals surface area contributed by atoms with Crippen LogP contribution in [-0.4, -0.2) is 17.4 Å². The molecule has 96 valence electrons. The van der Waals surface area contributed by atoms with Gasteiger partial charge in [-0.05, 0) is 49.3 Å². The van der Waals surface area contributed by atoms with Crippen molar-refractivity contribution in [3.05, 3.63) is 23.8 Å². The number of anilines is 1. The zero-order valence-corrected chi connectivity index (χ0v) is 11.3. The second-order valence-corrected chi connectivity index (χ2v) is 5.66. The summed E-state index contributed by atoms with van der Waals surface area (Å²) in [4.78, 5) is 23.7. The van der Waals surface area contributed by atoms with E-state index in [1.165, 1.54) is 29.6 Å². The van der Waals surface area contributed by atoms with Crippen LogP contribution in [0.15, 0.2) is 23.1 Å². The molecular formula is C14H17NO2S. The number of ketones is 1. The van der Waals surface area contributed by atoms with Crippen LogP contribution in [0.4, 0.5) is 5.69 Å². The summed E-state index contributed by atoms with van der Waals surface area (Å²) in [5, 5.41) is 2.85. The molecule has 1 amide bonds. The Morgan fingerprint density at radius 2 is 2.17 bits per heavy atom. The SMILES string of the molecule is CC(=O)CCC(=O)Nc1ccc2c(c1)CCCS2. The zero-order valence-electron chi connectivity index (χ0n) is 10.5. The lowest BCUT2D eigenvalue weighted by Gasteiger charge is -2.16. The molecule has 1 aliphatic heterocycles. The molecule has 0 saturated heterocycles. The van der Waals surface area contributed by atoms with Gasteiger partial charge in [0.1, 0.15) is 5.78 Å². The van der Waals surface area contributed by atoms with E-state index in [9.17, 15) is 9.59 Å². The van der Waals surface area contributed by atoms with E-state index in [2.05, 4.69) is 11.4 Å². The van der Waals surface area contributed by atoms with Crippen LogP contribution in [0.25, 0.3) is 0 Å². The third-order valence-electron chi connectivity index (χ3n) is 2.90. The largest absolute Gasteiger partial charge is 0.326 e. The molecule has 18 heavy (non-hydrogen) atoms. The molecule has 0 atom stereocenters. The number of amides is 1. The Labute approximate surface area is 111 Å². The lowest BCUT2D eigenvalue weighted by molar-refractivity contribution is -0.121. The van der Waals surface area contributed by atoms with Crippen molar-refractivity contribution in [3.8, 4) is 0 Å². The number of hydrogen-bond acceptors (Lipinski definition) is 3. The molecule has 1 heterocycles. The van der Waals surface area contributed by atoms with E-state index < -0.39 is 0 Å². The second kappa shape index (κ2) is 6.05. The number of carbonyl (C=O) groups excluding carboxylic acids is 2. The third-order valence-corrected chi connectivity index (χ3v) is 4.10. The molecule has 3 nitrogen and oxygen atoms in total. The molecule has 0 spiro atoms. The summed E-state index contributed by atoms with van der Waals surface area (Å²) in [6.07, 6.45) is 2.85. The smallest absolute Gasteiger partial charge is 0.224 e. The van der Waals surface area contributed by atoms with Crippen molar-refractivity contribution >= 4 is 29.1 Å². The van der Waals surface area contributed by atoms with Crippen LogP contribution in [0, 0.1) is 0 Å². The monoisotopic (exact) mass is 263 g/mol. The van der Waals surface area contributed by atoms with E-state index in [1.807, 2.05) is 23.9 Å². The molecule has 1 N–H and O–H groups in total. The number of aryl methyl sites for hydroxylation is 1. The molecule has 1 aliphatic rings. The van der Waals surface area contributed by atoms with Gasteiger partial charge < -0.3 is 10.1 Å². The molecule has 1 aromatic rings. The van der Waals surface area contributed by atoms with Crippen LogP contribution in [0.5, 0.6) is 0 Å². The molecule has 4 heteroatoms. The van der Waals surface area contributed by atoms with Crippen LogP contribution in [0.1, 0.15) is 31.7 Å². The van der Waals surface area contributed by atoms with Crippen molar-refractivity contribution in [2.24, 2.45) is 0 Å². The Morgan fingerprint density at radius 1 is 1.33 bits per heavy atom. The van der Waals surface area contributed by atoms with E-state index in [1.54, 1.807) is 0 Å². The van der Waals surface area contributed by atoms with Crippen molar-refractivity contribution in [2.75, 3.05) is 11.1 Å². The lowest BCUT2D eigenvalue weighted by Crippen LogP contribution is -2.13. The fourth-order valence-corrected chi connectivity index (χ4v) is 2.97. The summed E-state index contributed by atoms with van der Waals surface area (Å²) >= 11 is 1.87. The molecule has 2 rings (SSSR count). The highest BCUT2D eigenvalue weighted by Gasteiger charge is 2.11. The molecule has 1 aromatic carbocycles. The number of Topliss-reactive ketones (excluding diaryl/α,β-unsaturated/α-hetero) is 1. The first-order valence-electron chi connectivity index (χ1n) is 6.20. The zero-order chi connectivity index (χ0) is 13.0. The second-order valence-electron chi connectivity index (χ2n) is 4.52. The minimum absolute atomic E-state index is 0.0481. The molecule has 0 radical (unpaired) electrons. The fraction of sp³-hybridized carbons (Fsp3) is 0.429. The number of thioether (sulfide) groups is 1. The van der Waals surface area contributed by atoms with Gasteiger partial charge in [-0.3, -0.25) is 4.79 Å². The molecule has 0 saturated carbocycles. The van der Waals surface area contributed by atoms with Gasteiger partial charge in [0.25, 0.3) is 0 Å². The summed E-state index contributed by atoms with van der Waals surface area (Å²) in [6, 6.07) is 6.05. The maximum absolute atomic E-state index is 11.6. The highest BCUT2D eigenvalue weighted by Crippen LogP contribution is 2.31. The van der Waals surface area contributed by atoms with Gasteiger partial charge in [-0.15, -0.1) is 11.8 Å². The maximum Gasteiger partial charge on any atom is 0.224 e. The van der Waals surface area contributed by atoms with Crippen LogP contribution in [0.3, 0.4) is 0 Å². The van der Waals surface area contributed by atoms with Gasteiger partial charge in [0.05, 0.1) is 0 Å². The summed E-state index contributed by atoms with van der Waals surface area (Å²) < 4.78 is 0. The van der Waals surface area contributed by atoms with Crippen LogP contribution >= 0.6 is 11.8 Å². The van der Waals surface area contributed by atoms with E-state index in [0.717, 1.165) is 12.1 Å². The quantitative estimate of drug-likeness (QED) is 0.908. The molecule has 0 aromatic heterocycles. The van der Waals surface area contributed by atoms with E-state index in [4.69, 9.17) is 0 Å². The first kappa shape index (κ1) is 13.1. The number of hydrogen-bond donors (Lipinski definition) is 1. The Kier molecular flexibility index (Phi) is 4.42. The van der Waals surface area contributed by atoms with E-state index in [-0.39, 0.29) is 18.1 Å². The van der Waals surface area contributed by atoms with Crippen molar-refractivity contribution in [1.29, 1.82) is 0 Å². The van der Waals surface area contributed by atoms with Crippen LogP contribution < -0.4 is 5.32 Å². The van der Waals surface area contributed by atoms with Gasteiger partial charge in [-0.2, -0.15) is 0 Å². The molecule has 0 unspecified atom stereocenters. The third kappa shape index (κ3) is 3.60. The summed E-state index contributed by atoms with van der Waals surface area (Å²) in [5.74, 6) is 1.14. The average molecular weight is 263 g/mol. The van der Waals surface area contributed by atoms with E-state index >= 15 is 0 Å². The topological polar surface area (TPSA) is 46.2 Å². The number of benzene rings is 1. The summed E-state index contributed by atoms with van der Waals surface area (Å²) in [5.41, 5.74) is 2.15. The minimum atomic E-state index is -0.0892. The van der Waals surface area contributed by atoms with E-state index in [0.29, 0.717) is 6.42 Å². The minimum Gasteiger partial charge on any atom is -0.326 e.